The Morgan fingerprint density at radius 3 is 2.74 bits per heavy atom. The summed E-state index contributed by atoms with van der Waals surface area (Å²) in [5.41, 5.74) is 9.66. The van der Waals surface area contributed by atoms with E-state index in [1.807, 2.05) is 6.07 Å². The number of ether oxygens (including phenoxy) is 1. The minimum Gasteiger partial charge on any atom is -0.384 e. The minimum absolute atomic E-state index is 0.389. The van der Waals surface area contributed by atoms with E-state index in [0.717, 1.165) is 25.1 Å². The zero-order valence-electron chi connectivity index (χ0n) is 16.9. The normalized spacial score (nSPS) is 20.7. The number of nitrogen functional groups attached to an aromatic ring is 1. The van der Waals surface area contributed by atoms with Crippen molar-refractivity contribution in [2.75, 3.05) is 12.3 Å². The van der Waals surface area contributed by atoms with Gasteiger partial charge in [-0.2, -0.15) is 0 Å². The first-order chi connectivity index (χ1) is 13.1. The van der Waals surface area contributed by atoms with Gasteiger partial charge in [-0.3, -0.25) is 0 Å². The summed E-state index contributed by atoms with van der Waals surface area (Å²) in [4.78, 5) is 4.51. The van der Waals surface area contributed by atoms with Crippen molar-refractivity contribution >= 4 is 5.82 Å². The summed E-state index contributed by atoms with van der Waals surface area (Å²) < 4.78 is 6.28. The highest BCUT2D eigenvalue weighted by Crippen LogP contribution is 2.31. The molecule has 1 aliphatic carbocycles. The van der Waals surface area contributed by atoms with Gasteiger partial charge in [-0.05, 0) is 74.1 Å². The lowest BCUT2D eigenvalue weighted by Gasteiger charge is -2.20. The van der Waals surface area contributed by atoms with E-state index in [1.54, 1.807) is 0 Å². The molecule has 0 amide bonds. The Morgan fingerprint density at radius 2 is 1.96 bits per heavy atom. The first-order valence-corrected chi connectivity index (χ1v) is 10.5. The summed E-state index contributed by atoms with van der Waals surface area (Å²) in [5.74, 6) is 1.85. The molecule has 1 unspecified atom stereocenters. The van der Waals surface area contributed by atoms with E-state index in [0.29, 0.717) is 23.8 Å². The van der Waals surface area contributed by atoms with Crippen molar-refractivity contribution in [3.8, 4) is 0 Å². The maximum Gasteiger partial charge on any atom is 0.123 e. The zero-order chi connectivity index (χ0) is 19.1. The number of aromatic nitrogens is 1. The summed E-state index contributed by atoms with van der Waals surface area (Å²) in [5, 5.41) is 0. The lowest BCUT2D eigenvalue weighted by molar-refractivity contribution is 0.0253. The van der Waals surface area contributed by atoms with Crippen LogP contribution in [0.5, 0.6) is 0 Å². The van der Waals surface area contributed by atoms with Crippen LogP contribution in [0.4, 0.5) is 5.82 Å². The molecule has 0 bridgehead atoms. The van der Waals surface area contributed by atoms with Crippen LogP contribution in [0.15, 0.2) is 42.5 Å². The molecule has 1 fully saturated rings. The van der Waals surface area contributed by atoms with Gasteiger partial charge in [0.15, 0.2) is 0 Å². The van der Waals surface area contributed by atoms with Gasteiger partial charge in [-0.1, -0.05) is 50.1 Å². The maximum absolute atomic E-state index is 6.28. The first kappa shape index (κ1) is 19.9. The van der Waals surface area contributed by atoms with Crippen molar-refractivity contribution in [3.63, 3.8) is 0 Å². The number of hydrogen-bond acceptors (Lipinski definition) is 3. The Labute approximate surface area is 164 Å². The summed E-state index contributed by atoms with van der Waals surface area (Å²) in [7, 11) is 0. The highest BCUT2D eigenvalue weighted by Gasteiger charge is 2.28. The molecular formula is C24H34N2O. The Bertz CT molecular complexity index is 681. The lowest BCUT2D eigenvalue weighted by Crippen LogP contribution is -2.21. The van der Waals surface area contributed by atoms with E-state index in [2.05, 4.69) is 55.2 Å². The van der Waals surface area contributed by atoms with E-state index < -0.39 is 0 Å². The lowest BCUT2D eigenvalue weighted by atomic mass is 9.95. The third-order valence-electron chi connectivity index (χ3n) is 5.84. The molecule has 2 N–H and O–H groups in total. The molecule has 0 spiro atoms. The van der Waals surface area contributed by atoms with Gasteiger partial charge in [0.25, 0.3) is 0 Å². The highest BCUT2D eigenvalue weighted by molar-refractivity contribution is 5.34. The second kappa shape index (κ2) is 9.89. The number of nitrogens with zero attached hydrogens (tertiary/aromatic N) is 1. The fraction of sp³-hybridized carbons (Fsp3) is 0.542. The zero-order valence-corrected chi connectivity index (χ0v) is 16.9. The number of benzene rings is 1. The topological polar surface area (TPSA) is 48.1 Å². The van der Waals surface area contributed by atoms with Crippen LogP contribution in [0.3, 0.4) is 0 Å². The van der Waals surface area contributed by atoms with Gasteiger partial charge in [0.05, 0.1) is 6.10 Å². The third kappa shape index (κ3) is 6.07. The largest absolute Gasteiger partial charge is 0.384 e. The average molecular weight is 367 g/mol. The molecule has 3 heteroatoms. The van der Waals surface area contributed by atoms with Crippen molar-refractivity contribution in [1.29, 1.82) is 0 Å². The van der Waals surface area contributed by atoms with Gasteiger partial charge in [-0.25, -0.2) is 4.98 Å². The van der Waals surface area contributed by atoms with Crippen molar-refractivity contribution in [1.82, 2.24) is 4.98 Å². The molecule has 27 heavy (non-hydrogen) atoms. The molecular weight excluding hydrogens is 332 g/mol. The number of aryl methyl sites for hydroxylation is 1. The van der Waals surface area contributed by atoms with E-state index in [-0.39, 0.29) is 0 Å². The van der Waals surface area contributed by atoms with Crippen molar-refractivity contribution in [2.45, 2.75) is 70.8 Å². The van der Waals surface area contributed by atoms with Gasteiger partial charge in [-0.15, -0.1) is 0 Å². The van der Waals surface area contributed by atoms with Gasteiger partial charge in [0.1, 0.15) is 5.82 Å². The van der Waals surface area contributed by atoms with Crippen LogP contribution in [-0.4, -0.2) is 17.7 Å². The Morgan fingerprint density at radius 1 is 1.15 bits per heavy atom. The first-order valence-electron chi connectivity index (χ1n) is 10.5. The van der Waals surface area contributed by atoms with Crippen molar-refractivity contribution < 1.29 is 4.74 Å². The van der Waals surface area contributed by atoms with E-state index in [9.17, 15) is 0 Å². The van der Waals surface area contributed by atoms with Crippen LogP contribution in [0.1, 0.15) is 68.2 Å². The monoisotopic (exact) mass is 366 g/mol. The van der Waals surface area contributed by atoms with Crippen molar-refractivity contribution in [2.24, 2.45) is 5.92 Å². The molecule has 1 aromatic heterocycles. The predicted molar refractivity (Wildman–Crippen MR) is 113 cm³/mol. The van der Waals surface area contributed by atoms with Gasteiger partial charge in [0.2, 0.25) is 0 Å². The molecule has 1 aromatic carbocycles. The fourth-order valence-corrected chi connectivity index (χ4v) is 4.33. The Balaban J connectivity index is 1.38. The van der Waals surface area contributed by atoms with Gasteiger partial charge in [0, 0.05) is 12.3 Å². The van der Waals surface area contributed by atoms with E-state index in [4.69, 9.17) is 10.5 Å². The Hall–Kier alpha value is -1.87. The molecule has 3 atom stereocenters. The number of pyridine rings is 1. The summed E-state index contributed by atoms with van der Waals surface area (Å²) in [6.45, 7) is 5.29. The average Bonchev–Trinajstić information content (AvgIpc) is 3.08. The number of hydrogen-bond donors (Lipinski definition) is 1. The smallest absolute Gasteiger partial charge is 0.123 e. The SMILES string of the molecule is Cc1cc(N)nc(C[C@@H]2CCC[C@@H]2OCCCCC(C)c2ccccc2)c1. The Kier molecular flexibility index (Phi) is 7.28. The summed E-state index contributed by atoms with van der Waals surface area (Å²) >= 11 is 0. The number of unbranched alkanes of at least 4 members (excludes halogenated alkanes) is 1. The van der Waals surface area contributed by atoms with Crippen LogP contribution in [-0.2, 0) is 11.2 Å². The standard InChI is InChI=1S/C24H34N2O/c1-18-15-22(26-24(25)16-18)17-21-12-8-13-23(21)27-14-7-6-9-19(2)20-10-4-3-5-11-20/h3-5,10-11,15-16,19,21,23H,6-9,12-14,17H2,1-2H3,(H2,25,26)/t19?,21-,23-/m0/s1. The molecule has 0 saturated heterocycles. The van der Waals surface area contributed by atoms with Gasteiger partial charge < -0.3 is 10.5 Å². The van der Waals surface area contributed by atoms with Crippen molar-refractivity contribution in [3.05, 3.63) is 59.3 Å². The molecule has 1 heterocycles. The number of anilines is 1. The molecule has 0 aliphatic heterocycles. The molecule has 146 valence electrons. The maximum atomic E-state index is 6.28. The minimum atomic E-state index is 0.389. The predicted octanol–water partition coefficient (Wildman–Crippen LogP) is 5.67. The third-order valence-corrected chi connectivity index (χ3v) is 5.84. The van der Waals surface area contributed by atoms with E-state index >= 15 is 0 Å². The van der Waals surface area contributed by atoms with Gasteiger partial charge >= 0.3 is 0 Å². The van der Waals surface area contributed by atoms with Crippen LogP contribution in [0, 0.1) is 12.8 Å². The van der Waals surface area contributed by atoms with E-state index in [1.165, 1.54) is 43.2 Å². The highest BCUT2D eigenvalue weighted by atomic mass is 16.5. The number of nitrogens with two attached hydrogens (primary N) is 1. The summed E-state index contributed by atoms with van der Waals surface area (Å²) in [6, 6.07) is 14.9. The summed E-state index contributed by atoms with van der Waals surface area (Å²) in [6.07, 6.45) is 8.67. The quantitative estimate of drug-likeness (QED) is 0.581. The fourth-order valence-electron chi connectivity index (χ4n) is 4.33. The second-order valence-corrected chi connectivity index (χ2v) is 8.17. The van der Waals surface area contributed by atoms with Crippen LogP contribution < -0.4 is 5.73 Å². The van der Waals surface area contributed by atoms with Crippen LogP contribution >= 0.6 is 0 Å². The molecule has 0 radical (unpaired) electrons. The molecule has 2 aromatic rings. The molecule has 1 aliphatic rings. The van der Waals surface area contributed by atoms with Crippen LogP contribution in [0.25, 0.3) is 0 Å². The molecule has 3 nitrogen and oxygen atoms in total. The second-order valence-electron chi connectivity index (χ2n) is 8.17. The molecule has 1 saturated carbocycles. The van der Waals surface area contributed by atoms with Crippen LogP contribution in [0.2, 0.25) is 0 Å². The number of rotatable bonds is 9. The molecule has 3 rings (SSSR count).